The van der Waals surface area contributed by atoms with Crippen molar-refractivity contribution in [2.24, 2.45) is 0 Å². The molecule has 134 heavy (non-hydrogen) atoms. The predicted molar refractivity (Wildman–Crippen MR) is 582 cm³/mol. The molecule has 0 saturated carbocycles. The summed E-state index contributed by atoms with van der Waals surface area (Å²) < 4.78 is 9.01. The molecule has 0 fully saturated rings. The summed E-state index contributed by atoms with van der Waals surface area (Å²) in [4.78, 5) is 132. The van der Waals surface area contributed by atoms with E-state index < -0.39 is 22.4 Å². The van der Waals surface area contributed by atoms with E-state index in [-0.39, 0.29) is 47.7 Å². The number of thiophene rings is 12. The van der Waals surface area contributed by atoms with Crippen molar-refractivity contribution in [1.29, 1.82) is 0 Å². The highest BCUT2D eigenvalue weighted by Crippen LogP contribution is 2.51. The number of rotatable bonds is 26. The van der Waals surface area contributed by atoms with Crippen molar-refractivity contribution in [2.45, 2.75) is 219 Å². The van der Waals surface area contributed by atoms with Gasteiger partial charge in [0.15, 0.2) is 28.9 Å². The van der Waals surface area contributed by atoms with E-state index in [1.165, 1.54) is 149 Å². The van der Waals surface area contributed by atoms with E-state index >= 15 is 0 Å². The average Bonchev–Trinajstić information content (AvgIpc) is 1.65. The smallest absolute Gasteiger partial charge is 0.348 e. The first-order valence-corrected chi connectivity index (χ1v) is 56.6. The Hall–Kier alpha value is -6.03. The molecule has 712 valence electrons. The number of alkyl halides is 1. The Morgan fingerprint density at radius 1 is 0.336 bits per heavy atom. The third kappa shape index (κ3) is 31.2. The van der Waals surface area contributed by atoms with Crippen molar-refractivity contribution < 1.29 is 62.9 Å². The zero-order valence-corrected chi connectivity index (χ0v) is 93.3. The fourth-order valence-electron chi connectivity index (χ4n) is 15.9. The largest absolute Gasteiger partial charge is 0.477 e. The second kappa shape index (κ2) is 53.0. The van der Waals surface area contributed by atoms with Gasteiger partial charge in [-0.2, -0.15) is 0 Å². The van der Waals surface area contributed by atoms with E-state index in [1.54, 1.807) is 117 Å². The average molecular weight is 2240 g/mol. The van der Waals surface area contributed by atoms with Gasteiger partial charge < -0.3 is 14.9 Å². The third-order valence-electron chi connectivity index (χ3n) is 22.0. The topological polar surface area (TPSA) is 220 Å². The molecule has 4 aliphatic rings. The van der Waals surface area contributed by atoms with Gasteiger partial charge in [-0.15, -0.1) is 136 Å². The van der Waals surface area contributed by atoms with Crippen molar-refractivity contribution in [3.05, 3.63) is 255 Å². The van der Waals surface area contributed by atoms with Gasteiger partial charge in [-0.1, -0.05) is 80.0 Å². The van der Waals surface area contributed by atoms with Gasteiger partial charge in [0.05, 0.1) is 48.3 Å². The molecule has 0 saturated heterocycles. The summed E-state index contributed by atoms with van der Waals surface area (Å²) in [6.07, 6.45) is 14.9. The lowest BCUT2D eigenvalue weighted by molar-refractivity contribution is -0.112. The second-order valence-corrected chi connectivity index (χ2v) is 51.2. The zero-order valence-electron chi connectivity index (χ0n) is 76.6. The quantitative estimate of drug-likeness (QED) is 0.0223. The van der Waals surface area contributed by atoms with Crippen LogP contribution in [0, 0.1) is 83.1 Å². The van der Waals surface area contributed by atoms with E-state index in [1.807, 2.05) is 77.9 Å². The Labute approximate surface area is 875 Å². The maximum Gasteiger partial charge on any atom is 0.348 e. The fraction of sp³-hybridized carbons (Fsp3) is 0.347. The van der Waals surface area contributed by atoms with Crippen LogP contribution in [0.4, 0.5) is 0 Å². The summed E-state index contributed by atoms with van der Waals surface area (Å²) in [5, 5.41) is 20.0. The molecule has 0 spiro atoms. The molecule has 13 nitrogen and oxygen atoms in total. The highest BCUT2D eigenvalue weighted by atomic mass is 79.9. The lowest BCUT2D eigenvalue weighted by Crippen LogP contribution is -2.03. The predicted octanol–water partition coefficient (Wildman–Crippen LogP) is 36.4. The van der Waals surface area contributed by atoms with Crippen molar-refractivity contribution in [2.75, 3.05) is 11.9 Å². The van der Waals surface area contributed by atoms with Gasteiger partial charge in [-0.05, 0) is 390 Å². The molecule has 2 N–H and O–H groups in total. The lowest BCUT2D eigenvalue weighted by Gasteiger charge is -2.07. The Morgan fingerprint density at radius 2 is 0.627 bits per heavy atom. The number of allylic oxidation sites excluding steroid dienone is 8. The van der Waals surface area contributed by atoms with Crippen molar-refractivity contribution in [3.63, 3.8) is 0 Å². The van der Waals surface area contributed by atoms with Crippen molar-refractivity contribution in [3.8, 4) is 0 Å². The SMILES string of the molecule is CC(=O)c1cc(C2=C(c3cc(C(=O)O)sc3C)CCC2)c(C)s1.CCOC(=O)c1cc(C2=C(c3cc(C(C)=O)sc3C)CCC2)c(C)s1.Cc1ccc(Cl)s1.Cc1cccs1.Cc1sc(C(=O)O)cc1C1=C(c2cc(C(=O)CBr)sc2C)CCC1.Cc1sc(Cl)cc1C(=O)CCCC(=O)c1cc(Cl)sc1C.Cc1sc(Cl)cc1C1=C(c2cc(Cl)sc2C)CCC1.O=C(Cl)CCCC(=O)Cl. The Kier molecular flexibility index (Phi) is 44.1. The van der Waals surface area contributed by atoms with Gasteiger partial charge in [0.2, 0.25) is 10.5 Å². The van der Waals surface area contributed by atoms with Crippen LogP contribution in [0.3, 0.4) is 0 Å². The summed E-state index contributed by atoms with van der Waals surface area (Å²) in [5.41, 5.74) is 21.5. The molecule has 0 aromatic carbocycles. The number of ether oxygens (including phenoxy) is 1. The molecule has 4 aliphatic carbocycles. The number of esters is 1. The highest BCUT2D eigenvalue weighted by molar-refractivity contribution is 9.09. The molecular formula is C101H102BrCl7O13S12. The highest BCUT2D eigenvalue weighted by Gasteiger charge is 2.30. The first-order chi connectivity index (χ1) is 63.5. The van der Waals surface area contributed by atoms with Crippen LogP contribution in [-0.2, 0) is 14.3 Å². The molecule has 12 aromatic heterocycles. The molecule has 0 bridgehead atoms. The number of hydrogen-bond donors (Lipinski definition) is 2. The first-order valence-electron chi connectivity index (χ1n) is 42.9. The van der Waals surface area contributed by atoms with Crippen LogP contribution < -0.4 is 0 Å². The van der Waals surface area contributed by atoms with E-state index in [0.717, 1.165) is 160 Å². The summed E-state index contributed by atoms with van der Waals surface area (Å²) in [7, 11) is 0. The van der Waals surface area contributed by atoms with Crippen LogP contribution in [0.1, 0.15) is 318 Å². The van der Waals surface area contributed by atoms with Gasteiger partial charge in [0.25, 0.3) is 0 Å². The van der Waals surface area contributed by atoms with E-state index in [0.29, 0.717) is 72.1 Å². The molecule has 12 aromatic rings. The molecule has 12 heterocycles. The van der Waals surface area contributed by atoms with Crippen LogP contribution in [0.5, 0.6) is 0 Å². The Balaban J connectivity index is 0.000000178. The number of aryl methyl sites for hydroxylation is 12. The third-order valence-corrected chi connectivity index (χ3v) is 36.1. The zero-order chi connectivity index (χ0) is 98.4. The Bertz CT molecular complexity index is 6220. The summed E-state index contributed by atoms with van der Waals surface area (Å²) in [6, 6.07) is 27.3. The maximum absolute atomic E-state index is 12.1. The van der Waals surface area contributed by atoms with Gasteiger partial charge in [0, 0.05) is 95.3 Å². The van der Waals surface area contributed by atoms with Gasteiger partial charge in [-0.25, -0.2) is 14.4 Å². The van der Waals surface area contributed by atoms with E-state index in [2.05, 4.69) is 94.0 Å². The molecule has 0 unspecified atom stereocenters. The van der Waals surface area contributed by atoms with Crippen LogP contribution in [0.15, 0.2) is 90.3 Å². The number of ketones is 5. The number of hydrogen-bond acceptors (Lipinski definition) is 23. The van der Waals surface area contributed by atoms with Crippen LogP contribution in [0.2, 0.25) is 21.7 Å². The normalized spacial score (nSPS) is 13.2. The van der Waals surface area contributed by atoms with E-state index in [9.17, 15) is 58.2 Å². The molecule has 0 aliphatic heterocycles. The first kappa shape index (κ1) is 112. The molecule has 16 rings (SSSR count). The fourth-order valence-corrected chi connectivity index (χ4v) is 28.6. The Morgan fingerprint density at radius 3 is 0.858 bits per heavy atom. The lowest BCUT2D eigenvalue weighted by atomic mass is 9.97. The molecule has 0 atom stereocenters. The van der Waals surface area contributed by atoms with Crippen LogP contribution >= 0.6 is 233 Å². The summed E-state index contributed by atoms with van der Waals surface area (Å²) in [6.45, 7) is 29.9. The molecule has 0 amide bonds. The minimum atomic E-state index is -0.869. The second-order valence-electron chi connectivity index (χ2n) is 31.6. The number of carbonyl (C=O) groups excluding carboxylic acids is 8. The number of aromatic carboxylic acids is 2. The van der Waals surface area contributed by atoms with Gasteiger partial charge in [-0.3, -0.25) is 33.6 Å². The number of Topliss-reactive ketones (excluding diaryl/α,β-unsaturated/α-hetero) is 5. The van der Waals surface area contributed by atoms with Crippen molar-refractivity contribution in [1.82, 2.24) is 0 Å². The maximum atomic E-state index is 12.1. The minimum Gasteiger partial charge on any atom is -0.477 e. The molecule has 33 heteroatoms. The number of halogens is 8. The molecular weight excluding hydrogens is 2130 g/mol. The van der Waals surface area contributed by atoms with Crippen LogP contribution in [0.25, 0.3) is 44.6 Å². The molecule has 0 radical (unpaired) electrons. The minimum absolute atomic E-state index is 0.0449. The summed E-state index contributed by atoms with van der Waals surface area (Å²) in [5.74, 6) is -1.56. The summed E-state index contributed by atoms with van der Waals surface area (Å²) >= 11 is 61.2. The number of carbonyl (C=O) groups is 10. The standard InChI is InChI=1S/C20H22O3S2.C18H17BrO3S2.C18H18O3S2.C15H14Cl2O2S2.C15H14Cl2S2.C5H6Cl2O2.C5H5ClS.C5H6S/c1-5-23-20(22)19-10-17(13(4)25-19)15-8-6-7-14(15)16-9-18(11(2)21)24-12(16)3;1-9-13(6-16(23-9)15(20)8-19)11-4-3-5-12(11)14-7-17(18(21)22)24-10(14)2;1-9(19)16-7-14(10(2)22-16)12-5-4-6-13(12)15-8-17(18(20)21)23-11(15)3;1-8-10(6-14(16)20-8)12(18)4-3-5-13(19)11-7-15(17)21-9(11)2;1-8-12(6-14(16)18-8)10-4-3-5-11(10)13-7-15(17)19-9(13)2;6-4(8)2-1-3-5(7)9;1-4-2-3-5(6)7-4;1-5-3-2-4-6-5/h9-10H,5-8H2,1-4H3;6-7H,3-5,8H2,1-2H3,(H,21,22);7-8H,4-6H2,1-3H3,(H,20,21);6-7H,3-5H2,1-2H3;6-7H,3-5H2,1-2H3;1-3H2;2-3H,1H3;2-4H,1H3. The van der Waals surface area contributed by atoms with E-state index in [4.69, 9.17) is 85.9 Å². The van der Waals surface area contributed by atoms with Crippen molar-refractivity contribution >= 4 is 335 Å². The van der Waals surface area contributed by atoms with Gasteiger partial charge >= 0.3 is 17.9 Å². The number of carboxylic acids is 2. The van der Waals surface area contributed by atoms with Crippen LogP contribution in [-0.4, -0.2) is 79.5 Å². The monoisotopic (exact) mass is 2230 g/mol. The van der Waals surface area contributed by atoms with Gasteiger partial charge in [0.1, 0.15) is 14.6 Å². The number of carboxylic acid groups (broad SMARTS) is 2.